The van der Waals surface area contributed by atoms with Gasteiger partial charge in [-0.2, -0.15) is 0 Å². The summed E-state index contributed by atoms with van der Waals surface area (Å²) in [5.41, 5.74) is 8.81. The lowest BCUT2D eigenvalue weighted by atomic mass is 9.90. The highest BCUT2D eigenvalue weighted by Gasteiger charge is 2.21. The van der Waals surface area contributed by atoms with Crippen LogP contribution in [0, 0.1) is 6.92 Å². The maximum absolute atomic E-state index is 6.03. The fourth-order valence-electron chi connectivity index (χ4n) is 2.89. The molecule has 1 aliphatic rings. The molecule has 1 fully saturated rings. The zero-order chi connectivity index (χ0) is 12.3. The van der Waals surface area contributed by atoms with Crippen molar-refractivity contribution in [1.29, 1.82) is 0 Å². The number of hydrogen-bond donors (Lipinski definition) is 2. The highest BCUT2D eigenvalue weighted by molar-refractivity contribution is 5.28. The third-order valence-corrected chi connectivity index (χ3v) is 3.86. The van der Waals surface area contributed by atoms with E-state index in [0.717, 1.165) is 6.42 Å². The van der Waals surface area contributed by atoms with Gasteiger partial charge in [0.25, 0.3) is 0 Å². The van der Waals surface area contributed by atoms with Crippen LogP contribution in [0.15, 0.2) is 24.3 Å². The highest BCUT2D eigenvalue weighted by Crippen LogP contribution is 2.22. The summed E-state index contributed by atoms with van der Waals surface area (Å²) in [6.07, 6.45) is 4.84. The van der Waals surface area contributed by atoms with E-state index in [2.05, 4.69) is 43.4 Å². The van der Waals surface area contributed by atoms with Gasteiger partial charge in [-0.15, -0.1) is 0 Å². The van der Waals surface area contributed by atoms with E-state index in [9.17, 15) is 0 Å². The Morgan fingerprint density at radius 2 is 2.06 bits per heavy atom. The van der Waals surface area contributed by atoms with Crippen LogP contribution in [0.2, 0.25) is 0 Å². The van der Waals surface area contributed by atoms with Gasteiger partial charge in [0.05, 0.1) is 0 Å². The molecule has 3 atom stereocenters. The third kappa shape index (κ3) is 3.30. The Kier molecular flexibility index (Phi) is 4.19. The molecule has 0 spiro atoms. The maximum Gasteiger partial charge on any atom is 0.0296 e. The Balaban J connectivity index is 1.97. The van der Waals surface area contributed by atoms with Crippen LogP contribution >= 0.6 is 0 Å². The Bertz CT molecular complexity index is 362. The fraction of sp³-hybridized carbons (Fsp3) is 0.600. The predicted molar refractivity (Wildman–Crippen MR) is 73.0 cm³/mol. The van der Waals surface area contributed by atoms with Crippen molar-refractivity contribution in [3.63, 3.8) is 0 Å². The van der Waals surface area contributed by atoms with Crippen LogP contribution in [0.1, 0.15) is 49.8 Å². The number of aryl methyl sites for hydroxylation is 1. The molecule has 0 aromatic heterocycles. The summed E-state index contributed by atoms with van der Waals surface area (Å²) >= 11 is 0. The van der Waals surface area contributed by atoms with Gasteiger partial charge in [0, 0.05) is 18.1 Å². The Labute approximate surface area is 105 Å². The van der Waals surface area contributed by atoms with E-state index in [1.807, 2.05) is 0 Å². The molecule has 0 radical (unpaired) electrons. The minimum absolute atomic E-state index is 0.394. The minimum Gasteiger partial charge on any atom is -0.328 e. The summed E-state index contributed by atoms with van der Waals surface area (Å²) in [5.74, 6) is 0. The van der Waals surface area contributed by atoms with Crippen molar-refractivity contribution in [3.05, 3.63) is 35.4 Å². The number of hydrogen-bond acceptors (Lipinski definition) is 2. The maximum atomic E-state index is 6.03. The van der Waals surface area contributed by atoms with Crippen LogP contribution in [-0.4, -0.2) is 12.1 Å². The van der Waals surface area contributed by atoms with Crippen molar-refractivity contribution < 1.29 is 0 Å². The van der Waals surface area contributed by atoms with E-state index in [0.29, 0.717) is 18.1 Å². The first-order chi connectivity index (χ1) is 8.16. The van der Waals surface area contributed by atoms with Gasteiger partial charge in [-0.3, -0.25) is 0 Å². The van der Waals surface area contributed by atoms with E-state index in [-0.39, 0.29) is 0 Å². The average Bonchev–Trinajstić information content (AvgIpc) is 2.29. The van der Waals surface area contributed by atoms with Crippen molar-refractivity contribution in [2.75, 3.05) is 0 Å². The Hall–Kier alpha value is -0.860. The second-order valence-corrected chi connectivity index (χ2v) is 5.37. The molecule has 0 bridgehead atoms. The van der Waals surface area contributed by atoms with Crippen LogP contribution < -0.4 is 11.1 Å². The monoisotopic (exact) mass is 232 g/mol. The second-order valence-electron chi connectivity index (χ2n) is 5.37. The first-order valence-electron chi connectivity index (χ1n) is 6.74. The summed E-state index contributed by atoms with van der Waals surface area (Å²) in [7, 11) is 0. The molecule has 94 valence electrons. The standard InChI is InChI=1S/C15H24N2/c1-11-6-3-4-9-15(11)12(2)17-14-8-5-7-13(16)10-14/h3-4,6,9,12-14,17H,5,7-8,10,16H2,1-2H3. The number of nitrogens with one attached hydrogen (secondary N) is 1. The fourth-order valence-corrected chi connectivity index (χ4v) is 2.89. The molecule has 0 saturated heterocycles. The molecule has 17 heavy (non-hydrogen) atoms. The second kappa shape index (κ2) is 5.65. The van der Waals surface area contributed by atoms with Gasteiger partial charge in [-0.1, -0.05) is 30.7 Å². The normalized spacial score (nSPS) is 26.8. The number of rotatable bonds is 3. The van der Waals surface area contributed by atoms with Crippen molar-refractivity contribution in [2.24, 2.45) is 5.73 Å². The van der Waals surface area contributed by atoms with Crippen molar-refractivity contribution in [2.45, 2.75) is 57.7 Å². The van der Waals surface area contributed by atoms with Gasteiger partial charge in [0.1, 0.15) is 0 Å². The largest absolute Gasteiger partial charge is 0.328 e. The average molecular weight is 232 g/mol. The molecule has 1 aromatic rings. The molecule has 2 heteroatoms. The van der Waals surface area contributed by atoms with Crippen LogP contribution in [0.5, 0.6) is 0 Å². The molecule has 0 aliphatic heterocycles. The van der Waals surface area contributed by atoms with Gasteiger partial charge in [-0.05, 0) is 44.2 Å². The first kappa shape index (κ1) is 12.6. The summed E-state index contributed by atoms with van der Waals surface area (Å²) in [5, 5.41) is 3.73. The van der Waals surface area contributed by atoms with E-state index in [1.54, 1.807) is 0 Å². The molecule has 0 heterocycles. The summed E-state index contributed by atoms with van der Waals surface area (Å²) in [4.78, 5) is 0. The topological polar surface area (TPSA) is 38.0 Å². The Morgan fingerprint density at radius 1 is 1.29 bits per heavy atom. The molecular formula is C15H24N2. The van der Waals surface area contributed by atoms with Gasteiger partial charge < -0.3 is 11.1 Å². The smallest absolute Gasteiger partial charge is 0.0296 e. The van der Waals surface area contributed by atoms with Crippen molar-refractivity contribution in [3.8, 4) is 0 Å². The SMILES string of the molecule is Cc1ccccc1C(C)NC1CCCC(N)C1. The summed E-state index contributed by atoms with van der Waals surface area (Å²) in [6, 6.07) is 10.0. The van der Waals surface area contributed by atoms with Gasteiger partial charge in [0.2, 0.25) is 0 Å². The lowest BCUT2D eigenvalue weighted by molar-refractivity contribution is 0.318. The zero-order valence-electron chi connectivity index (χ0n) is 10.9. The molecular weight excluding hydrogens is 208 g/mol. The van der Waals surface area contributed by atoms with E-state index in [1.165, 1.54) is 30.4 Å². The van der Waals surface area contributed by atoms with Gasteiger partial charge in [-0.25, -0.2) is 0 Å². The molecule has 1 saturated carbocycles. The van der Waals surface area contributed by atoms with Crippen molar-refractivity contribution >= 4 is 0 Å². The molecule has 3 unspecified atom stereocenters. The summed E-state index contributed by atoms with van der Waals surface area (Å²) in [6.45, 7) is 4.43. The molecule has 2 rings (SSSR count). The molecule has 3 N–H and O–H groups in total. The quantitative estimate of drug-likeness (QED) is 0.841. The first-order valence-corrected chi connectivity index (χ1v) is 6.74. The molecule has 0 amide bonds. The van der Waals surface area contributed by atoms with E-state index in [4.69, 9.17) is 5.73 Å². The number of nitrogens with two attached hydrogens (primary N) is 1. The minimum atomic E-state index is 0.394. The lowest BCUT2D eigenvalue weighted by Crippen LogP contribution is -2.40. The zero-order valence-corrected chi connectivity index (χ0v) is 10.9. The predicted octanol–water partition coefficient (Wildman–Crippen LogP) is 2.92. The van der Waals surface area contributed by atoms with Crippen LogP contribution in [-0.2, 0) is 0 Å². The molecule has 1 aliphatic carbocycles. The molecule has 2 nitrogen and oxygen atoms in total. The molecule has 1 aromatic carbocycles. The Morgan fingerprint density at radius 3 is 2.76 bits per heavy atom. The third-order valence-electron chi connectivity index (χ3n) is 3.86. The van der Waals surface area contributed by atoms with Gasteiger partial charge in [0.15, 0.2) is 0 Å². The number of benzene rings is 1. The van der Waals surface area contributed by atoms with Crippen LogP contribution in [0.3, 0.4) is 0 Å². The van der Waals surface area contributed by atoms with E-state index >= 15 is 0 Å². The highest BCUT2D eigenvalue weighted by atomic mass is 15.0. The van der Waals surface area contributed by atoms with Gasteiger partial charge >= 0.3 is 0 Å². The van der Waals surface area contributed by atoms with Crippen molar-refractivity contribution in [1.82, 2.24) is 5.32 Å². The van der Waals surface area contributed by atoms with Crippen LogP contribution in [0.25, 0.3) is 0 Å². The van der Waals surface area contributed by atoms with E-state index < -0.39 is 0 Å². The van der Waals surface area contributed by atoms with Crippen LogP contribution in [0.4, 0.5) is 0 Å². The lowest BCUT2D eigenvalue weighted by Gasteiger charge is -2.30. The summed E-state index contributed by atoms with van der Waals surface area (Å²) < 4.78 is 0.